The van der Waals surface area contributed by atoms with Crippen LogP contribution in [0, 0.1) is 0 Å². The fourth-order valence-electron chi connectivity index (χ4n) is 0. The van der Waals surface area contributed by atoms with Gasteiger partial charge in [-0.3, -0.25) is 0 Å². The van der Waals surface area contributed by atoms with Crippen LogP contribution in [-0.2, 0) is 0 Å². The van der Waals surface area contributed by atoms with Crippen LogP contribution in [0.4, 0.5) is 4.39 Å². The van der Waals surface area contributed by atoms with E-state index in [9.17, 15) is 4.39 Å². The summed E-state index contributed by atoms with van der Waals surface area (Å²) in [6.07, 6.45) is 0.00309. The highest BCUT2D eigenvalue weighted by Crippen LogP contribution is 1.89. The molecule has 0 aliphatic rings. The molecule has 0 radical (unpaired) electrons. The summed E-state index contributed by atoms with van der Waals surface area (Å²) in [6, 6.07) is 0. The Morgan fingerprint density at radius 2 is 2.20 bits per heavy atom. The van der Waals surface area contributed by atoms with Crippen molar-refractivity contribution in [2.45, 2.75) is 0 Å². The summed E-state index contributed by atoms with van der Waals surface area (Å²) in [5, 5.41) is 7.12. The molecule has 3 heteroatoms. The van der Waals surface area contributed by atoms with Crippen molar-refractivity contribution in [3.63, 3.8) is 0 Å². The van der Waals surface area contributed by atoms with Crippen LogP contribution in [-0.4, -0.2) is 5.11 Å². The van der Waals surface area contributed by atoms with Crippen molar-refractivity contribution in [1.82, 2.24) is 0 Å². The topological polar surface area (TPSA) is 20.2 Å². The van der Waals surface area contributed by atoms with Crippen LogP contribution in [0.2, 0.25) is 0 Å². The molecular weight excluding hydrogens is 91.1 g/mol. The Morgan fingerprint density at radius 1 is 2.00 bits per heavy atom. The van der Waals surface area contributed by atoms with Gasteiger partial charge in [-0.25, -0.2) is 4.39 Å². The molecule has 0 atom stereocenters. The Kier molecular flexibility index (Phi) is 2.01. The predicted molar refractivity (Wildman–Crippen MR) is 20.8 cm³/mol. The van der Waals surface area contributed by atoms with Gasteiger partial charge in [0.15, 0.2) is 5.09 Å². The van der Waals surface area contributed by atoms with Crippen LogP contribution in [0.25, 0.3) is 0 Å². The Hall–Kier alpha value is -0.180. The average molecular weight is 94.1 g/mol. The third-order valence-electron chi connectivity index (χ3n) is 0.0976. The molecule has 1 nitrogen and oxygen atoms in total. The number of halogens is 1. The van der Waals surface area contributed by atoms with Gasteiger partial charge in [0.2, 0.25) is 0 Å². The second kappa shape index (κ2) is 2.08. The van der Waals surface area contributed by atoms with Crippen LogP contribution in [0.3, 0.4) is 0 Å². The molecule has 0 rings (SSSR count). The molecule has 0 bridgehead atoms. The van der Waals surface area contributed by atoms with Gasteiger partial charge in [-0.1, -0.05) is 0 Å². The molecule has 0 saturated heterocycles. The fraction of sp³-hybridized carbons (Fsp3) is 0. The van der Waals surface area contributed by atoms with Crippen LogP contribution in [0.5, 0.6) is 0 Å². The number of hydrogen-bond acceptors (Lipinski definition) is 2. The van der Waals surface area contributed by atoms with Crippen LogP contribution in [0.1, 0.15) is 0 Å². The molecule has 0 aromatic carbocycles. The van der Waals surface area contributed by atoms with Crippen molar-refractivity contribution < 1.29 is 9.50 Å². The first-order valence-electron chi connectivity index (χ1n) is 0.954. The fourth-order valence-corrected chi connectivity index (χ4v) is 0. The predicted octanol–water partition coefficient (Wildman–Crippen LogP) is 1.24. The van der Waals surface area contributed by atoms with Gasteiger partial charge >= 0.3 is 0 Å². The van der Waals surface area contributed by atoms with Crippen LogP contribution in [0.15, 0.2) is 11.4 Å². The van der Waals surface area contributed by atoms with E-state index in [2.05, 4.69) is 12.6 Å². The summed E-state index contributed by atoms with van der Waals surface area (Å²) in [7, 11) is 0. The number of aliphatic hydroxyl groups excluding tert-OH is 1. The SMILES string of the molecule is O/C(S)=C\F. The van der Waals surface area contributed by atoms with Crippen molar-refractivity contribution >= 4 is 12.6 Å². The summed E-state index contributed by atoms with van der Waals surface area (Å²) in [5.41, 5.74) is 0. The second-order valence-corrected chi connectivity index (χ2v) is 0.926. The lowest BCUT2D eigenvalue weighted by Gasteiger charge is -1.70. The van der Waals surface area contributed by atoms with Crippen molar-refractivity contribution in [3.05, 3.63) is 11.4 Å². The first-order valence-corrected chi connectivity index (χ1v) is 1.40. The van der Waals surface area contributed by atoms with E-state index in [0.717, 1.165) is 0 Å². The molecule has 0 unspecified atom stereocenters. The zero-order chi connectivity index (χ0) is 4.28. The van der Waals surface area contributed by atoms with Crippen LogP contribution >= 0.6 is 12.6 Å². The third kappa shape index (κ3) is 3.82. The van der Waals surface area contributed by atoms with E-state index in [-0.39, 0.29) is 6.33 Å². The van der Waals surface area contributed by atoms with Gasteiger partial charge < -0.3 is 5.11 Å². The first-order chi connectivity index (χ1) is 2.27. The maximum absolute atomic E-state index is 10.6. The minimum Gasteiger partial charge on any atom is -0.501 e. The molecule has 0 saturated carbocycles. The number of thiol groups is 1. The Labute approximate surface area is 34.5 Å². The van der Waals surface area contributed by atoms with E-state index >= 15 is 0 Å². The maximum Gasteiger partial charge on any atom is 0.175 e. The summed E-state index contributed by atoms with van der Waals surface area (Å²) in [4.78, 5) is 0. The smallest absolute Gasteiger partial charge is 0.175 e. The average Bonchev–Trinajstić information content (AvgIpc) is 1.38. The number of hydrogen-bond donors (Lipinski definition) is 2. The Balaban J connectivity index is 3.14. The van der Waals surface area contributed by atoms with Crippen molar-refractivity contribution in [3.8, 4) is 0 Å². The molecule has 0 aliphatic heterocycles. The lowest BCUT2D eigenvalue weighted by Crippen LogP contribution is -1.53. The highest BCUT2D eigenvalue weighted by Gasteiger charge is 1.68. The van der Waals surface area contributed by atoms with Gasteiger partial charge in [-0.05, 0) is 0 Å². The van der Waals surface area contributed by atoms with Crippen molar-refractivity contribution in [2.75, 3.05) is 0 Å². The van der Waals surface area contributed by atoms with E-state index in [0.29, 0.717) is 0 Å². The number of aliphatic hydroxyl groups is 1. The Morgan fingerprint density at radius 3 is 2.20 bits per heavy atom. The molecule has 0 spiro atoms. The van der Waals surface area contributed by atoms with Gasteiger partial charge in [0.1, 0.15) is 6.33 Å². The van der Waals surface area contributed by atoms with Crippen molar-refractivity contribution in [2.24, 2.45) is 0 Å². The molecule has 0 fully saturated rings. The largest absolute Gasteiger partial charge is 0.501 e. The Bertz CT molecular complexity index is 47.6. The van der Waals surface area contributed by atoms with E-state index in [4.69, 9.17) is 5.11 Å². The molecular formula is C2H3FOS. The quantitative estimate of drug-likeness (QED) is 0.342. The summed E-state index contributed by atoms with van der Waals surface area (Å²) in [5.74, 6) is 0. The maximum atomic E-state index is 10.6. The minimum absolute atomic E-state index is 0.00309. The molecule has 0 aromatic heterocycles. The normalized spacial score (nSPS) is 12.0. The molecule has 0 heterocycles. The first kappa shape index (κ1) is 4.82. The van der Waals surface area contributed by atoms with Gasteiger partial charge in [0.05, 0.1) is 0 Å². The van der Waals surface area contributed by atoms with Crippen LogP contribution < -0.4 is 0 Å². The lowest BCUT2D eigenvalue weighted by molar-refractivity contribution is 0.441. The molecule has 0 aliphatic carbocycles. The van der Waals surface area contributed by atoms with Crippen molar-refractivity contribution in [1.29, 1.82) is 0 Å². The highest BCUT2D eigenvalue weighted by atomic mass is 32.1. The van der Waals surface area contributed by atoms with Gasteiger partial charge in [-0.15, -0.1) is 12.6 Å². The van der Waals surface area contributed by atoms with E-state index in [1.165, 1.54) is 0 Å². The van der Waals surface area contributed by atoms with E-state index < -0.39 is 5.09 Å². The zero-order valence-electron chi connectivity index (χ0n) is 2.35. The number of rotatable bonds is 0. The summed E-state index contributed by atoms with van der Waals surface area (Å²) in [6.45, 7) is 0. The minimum atomic E-state index is -0.593. The lowest BCUT2D eigenvalue weighted by atomic mass is 11.1. The molecule has 0 amide bonds. The third-order valence-corrected chi connectivity index (χ3v) is 0.195. The molecule has 0 aromatic rings. The standard InChI is InChI=1S/C2H3FOS/c3-1-2(4)5/h1,4-5H/b2-1+. The van der Waals surface area contributed by atoms with Gasteiger partial charge in [-0.2, -0.15) is 0 Å². The molecule has 5 heavy (non-hydrogen) atoms. The zero-order valence-corrected chi connectivity index (χ0v) is 3.24. The van der Waals surface area contributed by atoms with E-state index in [1.807, 2.05) is 0 Å². The molecule has 1 N–H and O–H groups in total. The van der Waals surface area contributed by atoms with Gasteiger partial charge in [0.25, 0.3) is 0 Å². The summed E-state index contributed by atoms with van der Waals surface area (Å²) >= 11 is 3.14. The molecule has 30 valence electrons. The highest BCUT2D eigenvalue weighted by molar-refractivity contribution is 7.84. The second-order valence-electron chi connectivity index (χ2n) is 0.467. The summed E-state index contributed by atoms with van der Waals surface area (Å²) < 4.78 is 10.6. The van der Waals surface area contributed by atoms with Gasteiger partial charge in [0, 0.05) is 0 Å². The van der Waals surface area contributed by atoms with E-state index in [1.54, 1.807) is 0 Å². The monoisotopic (exact) mass is 94.0 g/mol.